The molecule has 1 aliphatic rings. The van der Waals surface area contributed by atoms with Gasteiger partial charge < -0.3 is 24.4 Å². The van der Waals surface area contributed by atoms with E-state index < -0.39 is 24.8 Å². The second-order valence-electron chi connectivity index (χ2n) is 3.18. The minimum Gasteiger partial charge on any atom is -0.390 e. The normalized spacial score (nSPS) is 46.4. The molecule has 5 atom stereocenters. The zero-order valence-corrected chi connectivity index (χ0v) is 8.01. The molecule has 0 spiro atoms. The summed E-state index contributed by atoms with van der Waals surface area (Å²) >= 11 is 0. The summed E-state index contributed by atoms with van der Waals surface area (Å²) in [6.07, 6.45) is -3.21. The summed E-state index contributed by atoms with van der Waals surface area (Å²) in [6, 6.07) is 0. The van der Waals surface area contributed by atoms with Crippen LogP contribution in [0.3, 0.4) is 0 Å². The molecule has 1 saturated heterocycles. The number of aliphatic hydroxyl groups excluding tert-OH is 2. The quantitative estimate of drug-likeness (QED) is 0.606. The van der Waals surface area contributed by atoms with Crippen LogP contribution in [0.4, 0.5) is 0 Å². The largest absolute Gasteiger partial charge is 0.390 e. The zero-order chi connectivity index (χ0) is 10.0. The topological polar surface area (TPSA) is 68.2 Å². The SMILES string of the molecule is COC1OC(O)C(OC)C(O)C1C. The van der Waals surface area contributed by atoms with Crippen molar-refractivity contribution in [1.82, 2.24) is 0 Å². The van der Waals surface area contributed by atoms with Gasteiger partial charge in [0.25, 0.3) is 0 Å². The number of hydrogen-bond donors (Lipinski definition) is 2. The van der Waals surface area contributed by atoms with Crippen LogP contribution in [0.5, 0.6) is 0 Å². The van der Waals surface area contributed by atoms with Gasteiger partial charge in [-0.2, -0.15) is 0 Å². The molecule has 2 N–H and O–H groups in total. The molecule has 0 aromatic carbocycles. The van der Waals surface area contributed by atoms with Crippen molar-refractivity contribution >= 4 is 0 Å². The Morgan fingerprint density at radius 2 is 1.77 bits per heavy atom. The number of aliphatic hydroxyl groups is 2. The number of hydrogen-bond acceptors (Lipinski definition) is 5. The molecule has 5 unspecified atom stereocenters. The summed E-state index contributed by atoms with van der Waals surface area (Å²) in [6.45, 7) is 1.77. The Bertz CT molecular complexity index is 163. The lowest BCUT2D eigenvalue weighted by Gasteiger charge is -2.39. The first-order valence-corrected chi connectivity index (χ1v) is 4.19. The van der Waals surface area contributed by atoms with Crippen LogP contribution in [0.25, 0.3) is 0 Å². The Kier molecular flexibility index (Phi) is 3.63. The minimum atomic E-state index is -1.14. The fraction of sp³-hybridized carbons (Fsp3) is 1.00. The standard InChI is InChI=1S/C8H16O5/c1-4-5(9)6(11-2)7(10)13-8(4)12-3/h4-10H,1-3H3. The van der Waals surface area contributed by atoms with Gasteiger partial charge in [0.05, 0.1) is 6.10 Å². The van der Waals surface area contributed by atoms with Crippen molar-refractivity contribution in [1.29, 1.82) is 0 Å². The van der Waals surface area contributed by atoms with Crippen LogP contribution in [0.2, 0.25) is 0 Å². The van der Waals surface area contributed by atoms with Crippen molar-refractivity contribution in [2.24, 2.45) is 5.92 Å². The van der Waals surface area contributed by atoms with E-state index in [4.69, 9.17) is 14.2 Å². The summed E-state index contributed by atoms with van der Waals surface area (Å²) in [4.78, 5) is 0. The predicted molar refractivity (Wildman–Crippen MR) is 43.9 cm³/mol. The second-order valence-corrected chi connectivity index (χ2v) is 3.18. The van der Waals surface area contributed by atoms with E-state index in [1.54, 1.807) is 6.92 Å². The average molecular weight is 192 g/mol. The summed E-state index contributed by atoms with van der Waals surface area (Å²) < 4.78 is 14.9. The molecule has 5 heteroatoms. The lowest BCUT2D eigenvalue weighted by molar-refractivity contribution is -0.324. The minimum absolute atomic E-state index is 0.224. The van der Waals surface area contributed by atoms with Gasteiger partial charge in [0.2, 0.25) is 0 Å². The van der Waals surface area contributed by atoms with Crippen molar-refractivity contribution in [3.05, 3.63) is 0 Å². The molecule has 0 aromatic rings. The second kappa shape index (κ2) is 4.34. The third-order valence-electron chi connectivity index (χ3n) is 2.36. The van der Waals surface area contributed by atoms with Crippen LogP contribution >= 0.6 is 0 Å². The maximum atomic E-state index is 9.66. The van der Waals surface area contributed by atoms with Gasteiger partial charge in [-0.1, -0.05) is 6.92 Å². The van der Waals surface area contributed by atoms with E-state index >= 15 is 0 Å². The highest BCUT2D eigenvalue weighted by molar-refractivity contribution is 4.83. The molecule has 0 aliphatic carbocycles. The maximum absolute atomic E-state index is 9.66. The van der Waals surface area contributed by atoms with Gasteiger partial charge in [-0.3, -0.25) is 0 Å². The highest BCUT2D eigenvalue weighted by Gasteiger charge is 2.42. The van der Waals surface area contributed by atoms with Crippen molar-refractivity contribution < 1.29 is 24.4 Å². The Labute approximate surface area is 77.2 Å². The predicted octanol–water partition coefficient (Wildman–Crippen LogP) is -0.681. The van der Waals surface area contributed by atoms with E-state index in [2.05, 4.69) is 0 Å². The molecule has 1 fully saturated rings. The van der Waals surface area contributed by atoms with Gasteiger partial charge in [-0.15, -0.1) is 0 Å². The molecule has 1 rings (SSSR count). The Balaban J connectivity index is 2.66. The summed E-state index contributed by atoms with van der Waals surface area (Å²) in [5.74, 6) is -0.224. The van der Waals surface area contributed by atoms with Crippen molar-refractivity contribution in [3.63, 3.8) is 0 Å². The molecule has 13 heavy (non-hydrogen) atoms. The molecule has 0 radical (unpaired) electrons. The van der Waals surface area contributed by atoms with Crippen LogP contribution in [-0.4, -0.2) is 49.2 Å². The van der Waals surface area contributed by atoms with Crippen LogP contribution in [0, 0.1) is 5.92 Å². The van der Waals surface area contributed by atoms with Crippen molar-refractivity contribution in [3.8, 4) is 0 Å². The number of ether oxygens (including phenoxy) is 3. The highest BCUT2D eigenvalue weighted by atomic mass is 16.7. The molecular weight excluding hydrogens is 176 g/mol. The molecule has 78 valence electrons. The molecule has 0 bridgehead atoms. The Morgan fingerprint density at radius 1 is 1.15 bits per heavy atom. The van der Waals surface area contributed by atoms with Gasteiger partial charge in [-0.05, 0) is 0 Å². The average Bonchev–Trinajstić information content (AvgIpc) is 2.12. The monoisotopic (exact) mass is 192 g/mol. The van der Waals surface area contributed by atoms with Gasteiger partial charge in [0.1, 0.15) is 6.10 Å². The number of rotatable bonds is 2. The van der Waals surface area contributed by atoms with Gasteiger partial charge in [0.15, 0.2) is 12.6 Å². The van der Waals surface area contributed by atoms with Crippen LogP contribution < -0.4 is 0 Å². The fourth-order valence-electron chi connectivity index (χ4n) is 1.49. The molecule has 1 heterocycles. The first-order chi connectivity index (χ1) is 6.11. The van der Waals surface area contributed by atoms with E-state index in [-0.39, 0.29) is 5.92 Å². The maximum Gasteiger partial charge on any atom is 0.186 e. The van der Waals surface area contributed by atoms with Gasteiger partial charge >= 0.3 is 0 Å². The molecule has 0 saturated carbocycles. The van der Waals surface area contributed by atoms with Crippen LogP contribution in [0.15, 0.2) is 0 Å². The highest BCUT2D eigenvalue weighted by Crippen LogP contribution is 2.26. The molecule has 0 amide bonds. The van der Waals surface area contributed by atoms with E-state index in [0.29, 0.717) is 0 Å². The lowest BCUT2D eigenvalue weighted by Crippen LogP contribution is -2.54. The third-order valence-corrected chi connectivity index (χ3v) is 2.36. The Morgan fingerprint density at radius 3 is 2.23 bits per heavy atom. The van der Waals surface area contributed by atoms with Gasteiger partial charge in [-0.25, -0.2) is 0 Å². The lowest BCUT2D eigenvalue weighted by atomic mass is 9.96. The summed E-state index contributed by atoms with van der Waals surface area (Å²) in [5.41, 5.74) is 0. The molecule has 5 nitrogen and oxygen atoms in total. The van der Waals surface area contributed by atoms with Crippen LogP contribution in [-0.2, 0) is 14.2 Å². The zero-order valence-electron chi connectivity index (χ0n) is 8.01. The molecule has 0 aromatic heterocycles. The van der Waals surface area contributed by atoms with Crippen LogP contribution in [0.1, 0.15) is 6.92 Å². The summed E-state index contributed by atoms with van der Waals surface area (Å²) in [7, 11) is 2.88. The first-order valence-electron chi connectivity index (χ1n) is 4.19. The van der Waals surface area contributed by atoms with Crippen molar-refractivity contribution in [2.45, 2.75) is 31.7 Å². The van der Waals surface area contributed by atoms with E-state index in [0.717, 1.165) is 0 Å². The fourth-order valence-corrected chi connectivity index (χ4v) is 1.49. The third kappa shape index (κ3) is 2.00. The summed E-state index contributed by atoms with van der Waals surface area (Å²) in [5, 5.41) is 19.0. The van der Waals surface area contributed by atoms with Crippen molar-refractivity contribution in [2.75, 3.05) is 14.2 Å². The number of methoxy groups -OCH3 is 2. The van der Waals surface area contributed by atoms with E-state index in [1.807, 2.05) is 0 Å². The van der Waals surface area contributed by atoms with E-state index in [9.17, 15) is 10.2 Å². The van der Waals surface area contributed by atoms with E-state index in [1.165, 1.54) is 14.2 Å². The smallest absolute Gasteiger partial charge is 0.186 e. The molecule has 1 aliphatic heterocycles. The Hall–Kier alpha value is -0.200. The first kappa shape index (κ1) is 10.9. The molecular formula is C8H16O5. The van der Waals surface area contributed by atoms with Gasteiger partial charge in [0, 0.05) is 20.1 Å².